The number of fused-ring (bicyclic) bond motifs is 1. The van der Waals surface area contributed by atoms with Crippen LogP contribution in [0, 0.1) is 6.92 Å². The van der Waals surface area contributed by atoms with Crippen molar-refractivity contribution in [2.45, 2.75) is 19.8 Å². The first-order chi connectivity index (χ1) is 11.5. The molecule has 0 saturated carbocycles. The van der Waals surface area contributed by atoms with Crippen LogP contribution in [-0.4, -0.2) is 10.9 Å². The Morgan fingerprint density at radius 3 is 2.79 bits per heavy atom. The van der Waals surface area contributed by atoms with E-state index in [0.717, 1.165) is 26.6 Å². The first kappa shape index (κ1) is 16.5. The SMILES string of the molecule is Cc1cc2ccc(CCC(=O)Nc3cccc(Br)c3)cc2[nH]c1=O. The van der Waals surface area contributed by atoms with E-state index in [9.17, 15) is 9.59 Å². The molecular weight excluding hydrogens is 368 g/mol. The zero-order valence-corrected chi connectivity index (χ0v) is 14.8. The lowest BCUT2D eigenvalue weighted by Gasteiger charge is -2.07. The number of halogens is 1. The summed E-state index contributed by atoms with van der Waals surface area (Å²) in [4.78, 5) is 26.7. The Labute approximate surface area is 148 Å². The molecule has 3 aromatic rings. The number of carbonyl (C=O) groups is 1. The Balaban J connectivity index is 1.68. The molecule has 24 heavy (non-hydrogen) atoms. The highest BCUT2D eigenvalue weighted by Crippen LogP contribution is 2.17. The van der Waals surface area contributed by atoms with Crippen molar-refractivity contribution in [1.82, 2.24) is 4.98 Å². The summed E-state index contributed by atoms with van der Waals surface area (Å²) in [6, 6.07) is 15.3. The topological polar surface area (TPSA) is 62.0 Å². The standard InChI is InChI=1S/C19H17BrN2O2/c1-12-9-14-7-5-13(10-17(14)22-19(12)24)6-8-18(23)21-16-4-2-3-15(20)11-16/h2-5,7,9-11H,6,8H2,1H3,(H,21,23)(H,22,24). The highest BCUT2D eigenvalue weighted by atomic mass is 79.9. The minimum absolute atomic E-state index is 0.0365. The highest BCUT2D eigenvalue weighted by Gasteiger charge is 2.05. The molecule has 0 aliphatic heterocycles. The number of nitrogens with one attached hydrogen (secondary N) is 2. The number of amides is 1. The van der Waals surface area contributed by atoms with Gasteiger partial charge in [-0.05, 0) is 54.6 Å². The fourth-order valence-electron chi connectivity index (χ4n) is 2.56. The van der Waals surface area contributed by atoms with Gasteiger partial charge in [0.2, 0.25) is 5.91 Å². The van der Waals surface area contributed by atoms with Crippen LogP contribution in [0.2, 0.25) is 0 Å². The second-order valence-electron chi connectivity index (χ2n) is 5.76. The van der Waals surface area contributed by atoms with Crippen LogP contribution in [0.3, 0.4) is 0 Å². The van der Waals surface area contributed by atoms with Crippen LogP contribution in [0.1, 0.15) is 17.5 Å². The van der Waals surface area contributed by atoms with Gasteiger partial charge in [0.1, 0.15) is 0 Å². The number of hydrogen-bond acceptors (Lipinski definition) is 2. The summed E-state index contributed by atoms with van der Waals surface area (Å²) in [7, 11) is 0. The summed E-state index contributed by atoms with van der Waals surface area (Å²) in [5.74, 6) is -0.0365. The van der Waals surface area contributed by atoms with Crippen molar-refractivity contribution in [3.63, 3.8) is 0 Å². The molecule has 1 amide bonds. The minimum atomic E-state index is -0.0768. The third-order valence-electron chi connectivity index (χ3n) is 3.85. The summed E-state index contributed by atoms with van der Waals surface area (Å²) < 4.78 is 0.925. The molecule has 0 bridgehead atoms. The quantitative estimate of drug-likeness (QED) is 0.708. The van der Waals surface area contributed by atoms with Crippen molar-refractivity contribution in [2.24, 2.45) is 0 Å². The lowest BCUT2D eigenvalue weighted by Crippen LogP contribution is -2.12. The van der Waals surface area contributed by atoms with Gasteiger partial charge in [-0.1, -0.05) is 34.1 Å². The minimum Gasteiger partial charge on any atom is -0.326 e. The molecule has 0 atom stereocenters. The van der Waals surface area contributed by atoms with Crippen LogP contribution in [0.5, 0.6) is 0 Å². The Morgan fingerprint density at radius 2 is 2.00 bits per heavy atom. The second-order valence-corrected chi connectivity index (χ2v) is 6.68. The van der Waals surface area contributed by atoms with Crippen molar-refractivity contribution in [3.05, 3.63) is 74.5 Å². The molecule has 0 spiro atoms. The maximum absolute atomic E-state index is 12.1. The van der Waals surface area contributed by atoms with Gasteiger partial charge in [-0.25, -0.2) is 0 Å². The van der Waals surface area contributed by atoms with E-state index >= 15 is 0 Å². The Hall–Kier alpha value is -2.40. The van der Waals surface area contributed by atoms with E-state index < -0.39 is 0 Å². The molecule has 0 fully saturated rings. The molecule has 4 nitrogen and oxygen atoms in total. The highest BCUT2D eigenvalue weighted by molar-refractivity contribution is 9.10. The largest absolute Gasteiger partial charge is 0.326 e. The monoisotopic (exact) mass is 384 g/mol. The predicted molar refractivity (Wildman–Crippen MR) is 100 cm³/mol. The number of rotatable bonds is 4. The number of aromatic amines is 1. The van der Waals surface area contributed by atoms with E-state index in [2.05, 4.69) is 26.2 Å². The molecule has 0 saturated heterocycles. The molecule has 0 aliphatic rings. The summed E-state index contributed by atoms with van der Waals surface area (Å²) in [5.41, 5.74) is 3.21. The lowest BCUT2D eigenvalue weighted by atomic mass is 10.1. The molecule has 1 aromatic heterocycles. The number of carbonyl (C=O) groups excluding carboxylic acids is 1. The number of pyridine rings is 1. The van der Waals surface area contributed by atoms with Crippen molar-refractivity contribution in [2.75, 3.05) is 5.32 Å². The number of aromatic nitrogens is 1. The maximum atomic E-state index is 12.1. The van der Waals surface area contributed by atoms with Crippen LogP contribution in [0.15, 0.2) is 57.8 Å². The summed E-state index contributed by atoms with van der Waals surface area (Å²) in [5, 5.41) is 3.87. The normalized spacial score (nSPS) is 10.8. The molecule has 1 heterocycles. The van der Waals surface area contributed by atoms with Crippen molar-refractivity contribution >= 4 is 38.4 Å². The Kier molecular flexibility index (Phi) is 4.81. The third-order valence-corrected chi connectivity index (χ3v) is 4.34. The molecule has 5 heteroatoms. The van der Waals surface area contributed by atoms with Crippen LogP contribution >= 0.6 is 15.9 Å². The number of hydrogen-bond donors (Lipinski definition) is 2. The van der Waals surface area contributed by atoms with E-state index in [0.29, 0.717) is 18.4 Å². The lowest BCUT2D eigenvalue weighted by molar-refractivity contribution is -0.116. The molecule has 3 rings (SSSR count). The second kappa shape index (κ2) is 7.01. The molecule has 2 aromatic carbocycles. The van der Waals surface area contributed by atoms with Gasteiger partial charge in [0.05, 0.1) is 0 Å². The zero-order chi connectivity index (χ0) is 17.1. The smallest absolute Gasteiger partial charge is 0.251 e. The fraction of sp³-hybridized carbons (Fsp3) is 0.158. The third kappa shape index (κ3) is 3.92. The molecule has 122 valence electrons. The number of benzene rings is 2. The Bertz CT molecular complexity index is 963. The van der Waals surface area contributed by atoms with Crippen molar-refractivity contribution < 1.29 is 4.79 Å². The van der Waals surface area contributed by atoms with Gasteiger partial charge in [-0.2, -0.15) is 0 Å². The van der Waals surface area contributed by atoms with Crippen LogP contribution < -0.4 is 10.9 Å². The van der Waals surface area contributed by atoms with E-state index in [1.54, 1.807) is 6.92 Å². The fourth-order valence-corrected chi connectivity index (χ4v) is 2.96. The van der Waals surface area contributed by atoms with Gasteiger partial charge in [0, 0.05) is 27.7 Å². The van der Waals surface area contributed by atoms with Gasteiger partial charge in [-0.15, -0.1) is 0 Å². The number of H-pyrrole nitrogens is 1. The number of anilines is 1. The van der Waals surface area contributed by atoms with Crippen molar-refractivity contribution in [1.29, 1.82) is 0 Å². The van der Waals surface area contributed by atoms with Gasteiger partial charge < -0.3 is 10.3 Å². The maximum Gasteiger partial charge on any atom is 0.251 e. The Morgan fingerprint density at radius 1 is 1.17 bits per heavy atom. The first-order valence-corrected chi connectivity index (χ1v) is 8.48. The van der Waals surface area contributed by atoms with E-state index in [1.165, 1.54) is 0 Å². The summed E-state index contributed by atoms with van der Waals surface area (Å²) >= 11 is 3.38. The molecule has 0 radical (unpaired) electrons. The van der Waals surface area contributed by atoms with E-state index in [-0.39, 0.29) is 11.5 Å². The van der Waals surface area contributed by atoms with Crippen LogP contribution in [0.25, 0.3) is 10.9 Å². The molecular formula is C19H17BrN2O2. The van der Waals surface area contributed by atoms with Gasteiger partial charge in [0.25, 0.3) is 5.56 Å². The molecule has 0 aliphatic carbocycles. The zero-order valence-electron chi connectivity index (χ0n) is 13.2. The molecule has 2 N–H and O–H groups in total. The average Bonchev–Trinajstić information content (AvgIpc) is 2.54. The summed E-state index contributed by atoms with van der Waals surface area (Å²) in [6.45, 7) is 1.79. The van der Waals surface area contributed by atoms with Crippen LogP contribution in [-0.2, 0) is 11.2 Å². The van der Waals surface area contributed by atoms with E-state index in [4.69, 9.17) is 0 Å². The first-order valence-electron chi connectivity index (χ1n) is 7.69. The number of aryl methyl sites for hydroxylation is 2. The van der Waals surface area contributed by atoms with Gasteiger partial charge in [0.15, 0.2) is 0 Å². The van der Waals surface area contributed by atoms with Crippen LogP contribution in [0.4, 0.5) is 5.69 Å². The van der Waals surface area contributed by atoms with Crippen molar-refractivity contribution in [3.8, 4) is 0 Å². The average molecular weight is 385 g/mol. The predicted octanol–water partition coefficient (Wildman–Crippen LogP) is 4.17. The summed E-state index contributed by atoms with van der Waals surface area (Å²) in [6.07, 6.45) is 1.000. The van der Waals surface area contributed by atoms with Gasteiger partial charge >= 0.3 is 0 Å². The van der Waals surface area contributed by atoms with Gasteiger partial charge in [-0.3, -0.25) is 9.59 Å². The van der Waals surface area contributed by atoms with E-state index in [1.807, 2.05) is 48.5 Å². The molecule has 0 unspecified atom stereocenters.